The number of ether oxygens (including phenoxy) is 2. The molecule has 0 unspecified atom stereocenters. The van der Waals surface area contributed by atoms with Gasteiger partial charge in [-0.25, -0.2) is 8.42 Å². The molecule has 4 aromatic rings. The lowest BCUT2D eigenvalue weighted by Gasteiger charge is -2.22. The summed E-state index contributed by atoms with van der Waals surface area (Å²) in [5, 5.41) is 5.47. The number of carbonyl (C=O) groups excluding carboxylic acids is 2. The molecule has 1 aliphatic heterocycles. The molecule has 0 atom stereocenters. The van der Waals surface area contributed by atoms with Crippen LogP contribution in [0.2, 0.25) is 0 Å². The van der Waals surface area contributed by atoms with Gasteiger partial charge in [0.25, 0.3) is 15.9 Å². The number of hydrogen-bond donors (Lipinski definition) is 2. The predicted molar refractivity (Wildman–Crippen MR) is 158 cm³/mol. The molecule has 0 aliphatic carbocycles. The molecular formula is C31H29N3O7S. The van der Waals surface area contributed by atoms with Crippen LogP contribution in [0.3, 0.4) is 0 Å². The van der Waals surface area contributed by atoms with E-state index in [2.05, 4.69) is 10.6 Å². The minimum atomic E-state index is -4.03. The minimum Gasteiger partial charge on any atom is -0.493 e. The number of para-hydroxylation sites is 2. The molecule has 0 spiro atoms. The zero-order valence-electron chi connectivity index (χ0n) is 23.0. The number of fused-ring (bicyclic) bond motifs is 1. The van der Waals surface area contributed by atoms with Crippen LogP contribution in [0.4, 0.5) is 11.4 Å². The van der Waals surface area contributed by atoms with E-state index in [9.17, 15) is 18.0 Å². The number of nitrogens with one attached hydrogen (secondary N) is 2. The van der Waals surface area contributed by atoms with E-state index in [1.54, 1.807) is 54.6 Å². The van der Waals surface area contributed by atoms with Gasteiger partial charge in [-0.05, 0) is 66.1 Å². The highest BCUT2D eigenvalue weighted by Gasteiger charge is 2.34. The molecular weight excluding hydrogens is 558 g/mol. The Morgan fingerprint density at radius 1 is 1.00 bits per heavy atom. The van der Waals surface area contributed by atoms with Gasteiger partial charge in [0.15, 0.2) is 11.5 Å². The number of anilines is 2. The average Bonchev–Trinajstić information content (AvgIpc) is 3.69. The number of hydrogen-bond acceptors (Lipinski definition) is 7. The van der Waals surface area contributed by atoms with Crippen LogP contribution in [0.1, 0.15) is 27.2 Å². The van der Waals surface area contributed by atoms with Crippen molar-refractivity contribution < 1.29 is 31.9 Å². The highest BCUT2D eigenvalue weighted by atomic mass is 32.2. The molecule has 2 heterocycles. The molecule has 0 saturated heterocycles. The SMILES string of the molecule is COc1cc(/C=C/C(=O)Nc2ccccc2C(=O)NCc2ccco2)cc(S(=O)(=O)N2CCc3ccccc32)c1OC. The summed E-state index contributed by atoms with van der Waals surface area (Å²) in [4.78, 5) is 25.6. The van der Waals surface area contributed by atoms with Crippen molar-refractivity contribution in [1.29, 1.82) is 0 Å². The maximum absolute atomic E-state index is 13.8. The van der Waals surface area contributed by atoms with Crippen molar-refractivity contribution >= 4 is 39.3 Å². The van der Waals surface area contributed by atoms with Crippen LogP contribution >= 0.6 is 0 Å². The third kappa shape index (κ3) is 5.86. The smallest absolute Gasteiger partial charge is 0.268 e. The molecule has 11 heteroatoms. The fourth-order valence-electron chi connectivity index (χ4n) is 4.73. The Hall–Kier alpha value is -5.03. The van der Waals surface area contributed by atoms with E-state index in [-0.39, 0.29) is 34.4 Å². The Labute approximate surface area is 243 Å². The largest absolute Gasteiger partial charge is 0.493 e. The van der Waals surface area contributed by atoms with Gasteiger partial charge in [0, 0.05) is 12.6 Å². The maximum Gasteiger partial charge on any atom is 0.268 e. The highest BCUT2D eigenvalue weighted by Crippen LogP contribution is 2.40. The quantitative estimate of drug-likeness (QED) is 0.259. The molecule has 0 radical (unpaired) electrons. The molecule has 0 saturated carbocycles. The summed E-state index contributed by atoms with van der Waals surface area (Å²) in [6.45, 7) is 0.492. The van der Waals surface area contributed by atoms with E-state index < -0.39 is 15.9 Å². The third-order valence-electron chi connectivity index (χ3n) is 6.74. The number of carbonyl (C=O) groups is 2. The van der Waals surface area contributed by atoms with Gasteiger partial charge in [0.2, 0.25) is 5.91 Å². The molecule has 1 aromatic heterocycles. The van der Waals surface area contributed by atoms with Crippen LogP contribution in [0.15, 0.2) is 94.4 Å². The molecule has 3 aromatic carbocycles. The average molecular weight is 588 g/mol. The van der Waals surface area contributed by atoms with Crippen LogP contribution in [0, 0.1) is 0 Å². The lowest BCUT2D eigenvalue weighted by molar-refractivity contribution is -0.111. The lowest BCUT2D eigenvalue weighted by atomic mass is 10.1. The maximum atomic E-state index is 13.8. The third-order valence-corrected chi connectivity index (χ3v) is 8.56. The molecule has 5 rings (SSSR count). The van der Waals surface area contributed by atoms with Gasteiger partial charge in [-0.3, -0.25) is 13.9 Å². The first-order valence-corrected chi connectivity index (χ1v) is 14.5. The van der Waals surface area contributed by atoms with E-state index in [1.165, 1.54) is 43.0 Å². The summed E-state index contributed by atoms with van der Waals surface area (Å²) < 4.78 is 45.2. The van der Waals surface area contributed by atoms with Gasteiger partial charge in [-0.15, -0.1) is 0 Å². The van der Waals surface area contributed by atoms with Crippen LogP contribution in [0.25, 0.3) is 6.08 Å². The van der Waals surface area contributed by atoms with E-state index in [4.69, 9.17) is 13.9 Å². The molecule has 2 amide bonds. The van der Waals surface area contributed by atoms with E-state index in [1.807, 2.05) is 12.1 Å². The zero-order chi connectivity index (χ0) is 29.7. The van der Waals surface area contributed by atoms with Crippen LogP contribution in [0.5, 0.6) is 11.5 Å². The fraction of sp³-hybridized carbons (Fsp3) is 0.161. The van der Waals surface area contributed by atoms with Crippen molar-refractivity contribution in [2.24, 2.45) is 0 Å². The summed E-state index contributed by atoms with van der Waals surface area (Å²) in [7, 11) is -1.25. The van der Waals surface area contributed by atoms with Crippen molar-refractivity contribution in [1.82, 2.24) is 5.32 Å². The minimum absolute atomic E-state index is 0.0676. The van der Waals surface area contributed by atoms with Gasteiger partial charge in [-0.2, -0.15) is 0 Å². The van der Waals surface area contributed by atoms with E-state index >= 15 is 0 Å². The van der Waals surface area contributed by atoms with Crippen LogP contribution in [-0.4, -0.2) is 41.0 Å². The Balaban J connectivity index is 1.38. The van der Waals surface area contributed by atoms with Crippen molar-refractivity contribution in [3.8, 4) is 11.5 Å². The summed E-state index contributed by atoms with van der Waals surface area (Å²) in [5.41, 5.74) is 2.54. The van der Waals surface area contributed by atoms with Crippen LogP contribution < -0.4 is 24.4 Å². The number of furan rings is 1. The first kappa shape index (κ1) is 28.5. The van der Waals surface area contributed by atoms with Crippen molar-refractivity contribution in [2.75, 3.05) is 30.4 Å². The number of benzene rings is 3. The van der Waals surface area contributed by atoms with Gasteiger partial charge < -0.3 is 24.5 Å². The molecule has 2 N–H and O–H groups in total. The van der Waals surface area contributed by atoms with Crippen molar-refractivity contribution in [2.45, 2.75) is 17.9 Å². The normalized spacial score (nSPS) is 12.7. The fourth-order valence-corrected chi connectivity index (χ4v) is 6.44. The van der Waals surface area contributed by atoms with Crippen LogP contribution in [-0.2, 0) is 27.8 Å². The zero-order valence-corrected chi connectivity index (χ0v) is 23.8. The number of amides is 2. The predicted octanol–water partition coefficient (Wildman–Crippen LogP) is 4.63. The highest BCUT2D eigenvalue weighted by molar-refractivity contribution is 7.93. The van der Waals surface area contributed by atoms with Crippen molar-refractivity contribution in [3.05, 3.63) is 108 Å². The Morgan fingerprint density at radius 2 is 1.79 bits per heavy atom. The van der Waals surface area contributed by atoms with E-state index in [0.29, 0.717) is 35.7 Å². The molecule has 216 valence electrons. The molecule has 42 heavy (non-hydrogen) atoms. The Kier molecular flexibility index (Phi) is 8.30. The Bertz CT molecular complexity index is 1750. The summed E-state index contributed by atoms with van der Waals surface area (Å²) in [5.74, 6) is -0.0424. The molecule has 0 bridgehead atoms. The Morgan fingerprint density at radius 3 is 2.55 bits per heavy atom. The second-order valence-electron chi connectivity index (χ2n) is 9.34. The number of nitrogens with zero attached hydrogens (tertiary/aromatic N) is 1. The summed E-state index contributed by atoms with van der Waals surface area (Å²) in [6.07, 6.45) is 4.83. The first-order chi connectivity index (χ1) is 20.3. The van der Waals surface area contributed by atoms with Gasteiger partial charge >= 0.3 is 0 Å². The van der Waals surface area contributed by atoms with Gasteiger partial charge in [0.05, 0.1) is 44.0 Å². The van der Waals surface area contributed by atoms with E-state index in [0.717, 1.165) is 5.56 Å². The number of sulfonamides is 1. The first-order valence-electron chi connectivity index (χ1n) is 13.1. The van der Waals surface area contributed by atoms with Crippen molar-refractivity contribution in [3.63, 3.8) is 0 Å². The second-order valence-corrected chi connectivity index (χ2v) is 11.2. The number of rotatable bonds is 10. The lowest BCUT2D eigenvalue weighted by Crippen LogP contribution is -2.29. The van der Waals surface area contributed by atoms with Gasteiger partial charge in [-0.1, -0.05) is 30.3 Å². The summed E-state index contributed by atoms with van der Waals surface area (Å²) >= 11 is 0. The van der Waals surface area contributed by atoms with Gasteiger partial charge in [0.1, 0.15) is 10.7 Å². The molecule has 1 aliphatic rings. The molecule has 10 nitrogen and oxygen atoms in total. The second kappa shape index (κ2) is 12.2. The standard InChI is InChI=1S/C31H29N3O7S/c1-39-27-18-21(19-28(30(27)40-2)42(37,38)34-16-15-22-8-3-6-12-26(22)34)13-14-29(35)33-25-11-5-4-10-24(25)31(36)32-20-23-9-7-17-41-23/h3-14,17-19H,15-16,20H2,1-2H3,(H,32,36)(H,33,35)/b14-13+. The summed E-state index contributed by atoms with van der Waals surface area (Å²) in [6, 6.07) is 20.4. The number of methoxy groups -OCH3 is 2. The molecule has 0 fully saturated rings. The topological polar surface area (TPSA) is 127 Å². The monoisotopic (exact) mass is 587 g/mol.